The number of piperidine rings is 1. The molecule has 1 aliphatic rings. The Labute approximate surface area is 138 Å². The normalized spacial score (nSPS) is 25.4. The lowest BCUT2D eigenvalue weighted by Gasteiger charge is -2.35. The molecule has 1 heterocycles. The quantitative estimate of drug-likeness (QED) is 0.774. The van der Waals surface area contributed by atoms with Gasteiger partial charge in [-0.3, -0.25) is 10.1 Å². The lowest BCUT2D eigenvalue weighted by Crippen LogP contribution is -3.18. The van der Waals surface area contributed by atoms with Gasteiger partial charge in [-0.25, -0.2) is 4.79 Å². The molecule has 1 aromatic carbocycles. The number of benzene rings is 1. The fraction of sp³-hybridized carbons (Fsp3) is 0.556. The minimum Gasteiger partial charge on any atom is -0.334 e. The molecule has 0 radical (unpaired) electrons. The van der Waals surface area contributed by atoms with Crippen LogP contribution in [0.3, 0.4) is 0 Å². The molecule has 0 spiro atoms. The third kappa shape index (κ3) is 5.36. The van der Waals surface area contributed by atoms with Crippen LogP contribution in [0.15, 0.2) is 30.3 Å². The van der Waals surface area contributed by atoms with Gasteiger partial charge in [0, 0.05) is 18.4 Å². The third-order valence-electron chi connectivity index (χ3n) is 4.56. The minimum atomic E-state index is -0.428. The lowest BCUT2D eigenvalue weighted by atomic mass is 9.91. The summed E-state index contributed by atoms with van der Waals surface area (Å²) in [6.07, 6.45) is 1.22. The average Bonchev–Trinajstić information content (AvgIpc) is 2.52. The van der Waals surface area contributed by atoms with Gasteiger partial charge in [0.15, 0.2) is 6.04 Å². The number of rotatable bonds is 4. The Morgan fingerprint density at radius 1 is 1.17 bits per heavy atom. The largest absolute Gasteiger partial charge is 0.334 e. The van der Waals surface area contributed by atoms with Crippen LogP contribution in [0.5, 0.6) is 0 Å². The van der Waals surface area contributed by atoms with Crippen molar-refractivity contribution < 1.29 is 14.5 Å². The van der Waals surface area contributed by atoms with Gasteiger partial charge in [-0.05, 0) is 18.9 Å². The molecule has 23 heavy (non-hydrogen) atoms. The molecule has 3 amide bonds. The van der Waals surface area contributed by atoms with E-state index in [0.717, 1.165) is 18.7 Å². The van der Waals surface area contributed by atoms with Gasteiger partial charge in [-0.15, -0.1) is 0 Å². The van der Waals surface area contributed by atoms with Crippen molar-refractivity contribution in [1.82, 2.24) is 10.6 Å². The van der Waals surface area contributed by atoms with E-state index in [-0.39, 0.29) is 11.9 Å². The molecular formula is C18H28N3O2+. The Kier molecular flexibility index (Phi) is 6.16. The molecule has 4 atom stereocenters. The summed E-state index contributed by atoms with van der Waals surface area (Å²) in [7, 11) is 0. The zero-order valence-corrected chi connectivity index (χ0v) is 14.3. The summed E-state index contributed by atoms with van der Waals surface area (Å²) >= 11 is 0. The van der Waals surface area contributed by atoms with E-state index in [2.05, 4.69) is 24.5 Å². The summed E-state index contributed by atoms with van der Waals surface area (Å²) in [6, 6.07) is 9.01. The Bertz CT molecular complexity index is 522. The van der Waals surface area contributed by atoms with E-state index in [0.29, 0.717) is 18.4 Å². The molecule has 1 aliphatic heterocycles. The van der Waals surface area contributed by atoms with Crippen molar-refractivity contribution in [3.05, 3.63) is 35.9 Å². The van der Waals surface area contributed by atoms with Crippen LogP contribution in [-0.2, 0) is 11.3 Å². The first-order chi connectivity index (χ1) is 11.0. The Hall–Kier alpha value is -1.88. The maximum atomic E-state index is 12.3. The van der Waals surface area contributed by atoms with Crippen molar-refractivity contribution in [1.29, 1.82) is 0 Å². The smallest absolute Gasteiger partial charge is 0.321 e. The van der Waals surface area contributed by atoms with E-state index in [9.17, 15) is 9.59 Å². The number of carbonyl (C=O) groups is 2. The summed E-state index contributed by atoms with van der Waals surface area (Å²) in [5.41, 5.74) is 1.01. The molecule has 0 bridgehead atoms. The molecule has 5 heteroatoms. The van der Waals surface area contributed by atoms with Crippen LogP contribution in [0.1, 0.15) is 32.8 Å². The van der Waals surface area contributed by atoms with Gasteiger partial charge in [0.25, 0.3) is 5.91 Å². The number of carbonyl (C=O) groups excluding carboxylic acids is 2. The zero-order valence-electron chi connectivity index (χ0n) is 14.3. The molecule has 5 nitrogen and oxygen atoms in total. The Morgan fingerprint density at radius 2 is 1.78 bits per heavy atom. The fourth-order valence-electron chi connectivity index (χ4n) is 3.41. The molecule has 0 aliphatic carbocycles. The maximum Gasteiger partial charge on any atom is 0.321 e. The summed E-state index contributed by atoms with van der Waals surface area (Å²) in [4.78, 5) is 25.4. The predicted octanol–water partition coefficient (Wildman–Crippen LogP) is 0.962. The first kappa shape index (κ1) is 17.5. The number of nitrogens with one attached hydrogen (secondary N) is 3. The topological polar surface area (TPSA) is 62.6 Å². The molecule has 1 saturated heterocycles. The SMILES string of the molecule is C[C@@H]1C[C@H](C)C[NH+]([C@@H](C)C(=O)NC(=O)NCc2ccccc2)C1. The molecule has 1 unspecified atom stereocenters. The molecule has 3 N–H and O–H groups in total. The monoisotopic (exact) mass is 318 g/mol. The van der Waals surface area contributed by atoms with Crippen molar-refractivity contribution >= 4 is 11.9 Å². The lowest BCUT2D eigenvalue weighted by molar-refractivity contribution is -0.925. The molecule has 2 rings (SSSR count). The molecule has 1 fully saturated rings. The van der Waals surface area contributed by atoms with Crippen LogP contribution in [0.25, 0.3) is 0 Å². The summed E-state index contributed by atoms with van der Waals surface area (Å²) in [5.74, 6) is 1.04. The predicted molar refractivity (Wildman–Crippen MR) is 89.9 cm³/mol. The number of quaternary nitrogens is 1. The number of urea groups is 1. The fourth-order valence-corrected chi connectivity index (χ4v) is 3.41. The highest BCUT2D eigenvalue weighted by Crippen LogP contribution is 2.12. The van der Waals surface area contributed by atoms with Crippen molar-refractivity contribution in [2.45, 2.75) is 39.8 Å². The van der Waals surface area contributed by atoms with Gasteiger partial charge in [-0.1, -0.05) is 44.2 Å². The van der Waals surface area contributed by atoms with Crippen molar-refractivity contribution in [3.63, 3.8) is 0 Å². The van der Waals surface area contributed by atoms with Crippen LogP contribution >= 0.6 is 0 Å². The number of amides is 3. The summed E-state index contributed by atoms with van der Waals surface area (Å²) in [5, 5.41) is 5.19. The molecule has 0 saturated carbocycles. The molecule has 0 aromatic heterocycles. The number of hydrogen-bond donors (Lipinski definition) is 3. The second-order valence-corrected chi connectivity index (χ2v) is 6.89. The van der Waals surface area contributed by atoms with Gasteiger partial charge in [-0.2, -0.15) is 0 Å². The Balaban J connectivity index is 1.79. The van der Waals surface area contributed by atoms with Crippen molar-refractivity contribution in [2.24, 2.45) is 11.8 Å². The van der Waals surface area contributed by atoms with Gasteiger partial charge in [0.2, 0.25) is 0 Å². The highest BCUT2D eigenvalue weighted by molar-refractivity contribution is 5.96. The van der Waals surface area contributed by atoms with Crippen LogP contribution in [0, 0.1) is 11.8 Å². The third-order valence-corrected chi connectivity index (χ3v) is 4.56. The van der Waals surface area contributed by atoms with E-state index in [1.807, 2.05) is 37.3 Å². The van der Waals surface area contributed by atoms with E-state index >= 15 is 0 Å². The Morgan fingerprint density at radius 3 is 2.39 bits per heavy atom. The summed E-state index contributed by atoms with van der Waals surface area (Å²) in [6.45, 7) is 8.76. The van der Waals surface area contributed by atoms with Crippen LogP contribution < -0.4 is 15.5 Å². The maximum absolute atomic E-state index is 12.3. The standard InChI is InChI=1S/C18H27N3O2/c1-13-9-14(2)12-21(11-13)15(3)17(22)20-18(23)19-10-16-7-5-4-6-8-16/h4-8,13-15H,9-12H2,1-3H3,(H2,19,20,22,23)/p+1/t13-,14+,15-/m0/s1. The van der Waals surface area contributed by atoms with Crippen molar-refractivity contribution in [3.8, 4) is 0 Å². The molecule has 1 aromatic rings. The average molecular weight is 318 g/mol. The van der Waals surface area contributed by atoms with E-state index in [1.54, 1.807) is 0 Å². The van der Waals surface area contributed by atoms with Gasteiger partial charge < -0.3 is 10.2 Å². The van der Waals surface area contributed by atoms with Gasteiger partial charge in [0.05, 0.1) is 13.1 Å². The molecular weight excluding hydrogens is 290 g/mol. The van der Waals surface area contributed by atoms with Crippen LogP contribution in [0.2, 0.25) is 0 Å². The van der Waals surface area contributed by atoms with Gasteiger partial charge >= 0.3 is 6.03 Å². The van der Waals surface area contributed by atoms with E-state index in [1.165, 1.54) is 11.3 Å². The second kappa shape index (κ2) is 8.11. The van der Waals surface area contributed by atoms with Crippen molar-refractivity contribution in [2.75, 3.05) is 13.1 Å². The van der Waals surface area contributed by atoms with Crippen LogP contribution in [-0.4, -0.2) is 31.1 Å². The second-order valence-electron chi connectivity index (χ2n) is 6.89. The highest BCUT2D eigenvalue weighted by atomic mass is 16.2. The molecule has 126 valence electrons. The van der Waals surface area contributed by atoms with Gasteiger partial charge in [0.1, 0.15) is 0 Å². The highest BCUT2D eigenvalue weighted by Gasteiger charge is 2.32. The first-order valence-electron chi connectivity index (χ1n) is 8.43. The minimum absolute atomic E-state index is 0.202. The zero-order chi connectivity index (χ0) is 16.8. The number of hydrogen-bond acceptors (Lipinski definition) is 2. The first-order valence-corrected chi connectivity index (χ1v) is 8.43. The number of likely N-dealkylation sites (tertiary alicyclic amines) is 1. The summed E-state index contributed by atoms with van der Waals surface area (Å²) < 4.78 is 0. The van der Waals surface area contributed by atoms with E-state index < -0.39 is 6.03 Å². The number of imide groups is 1. The van der Waals surface area contributed by atoms with E-state index in [4.69, 9.17) is 0 Å². The van der Waals surface area contributed by atoms with Crippen LogP contribution in [0.4, 0.5) is 4.79 Å².